The molecule has 0 fully saturated rings. The molecule has 2 rings (SSSR count). The number of rotatable bonds is 2. The standard InChI is InChI=1S/C13H17NOSSi/c1-17(2,3)15-12-8-10(9-14)16-13-7-5-4-6-11(12)13/h4-7,10,12H,8H2,1-3H3. The van der Waals surface area contributed by atoms with Gasteiger partial charge in [0, 0.05) is 11.3 Å². The molecule has 0 radical (unpaired) electrons. The minimum absolute atomic E-state index is 0.0197. The number of nitriles is 1. The molecule has 0 spiro atoms. The summed E-state index contributed by atoms with van der Waals surface area (Å²) < 4.78 is 6.21. The lowest BCUT2D eigenvalue weighted by molar-refractivity contribution is 0.185. The Morgan fingerprint density at radius 3 is 2.71 bits per heavy atom. The van der Waals surface area contributed by atoms with E-state index in [1.807, 2.05) is 12.1 Å². The van der Waals surface area contributed by atoms with Gasteiger partial charge in [0.15, 0.2) is 8.32 Å². The van der Waals surface area contributed by atoms with Gasteiger partial charge in [-0.05, 0) is 31.3 Å². The van der Waals surface area contributed by atoms with Crippen molar-refractivity contribution in [2.75, 3.05) is 0 Å². The Morgan fingerprint density at radius 1 is 1.35 bits per heavy atom. The first-order chi connectivity index (χ1) is 7.99. The summed E-state index contributed by atoms with van der Waals surface area (Å²) in [5.41, 5.74) is 1.26. The number of fused-ring (bicyclic) bond motifs is 1. The minimum atomic E-state index is -1.57. The third kappa shape index (κ3) is 3.12. The lowest BCUT2D eigenvalue weighted by Crippen LogP contribution is -2.30. The molecule has 1 aliphatic rings. The Kier molecular flexibility index (Phi) is 3.62. The molecule has 2 unspecified atom stereocenters. The van der Waals surface area contributed by atoms with Crippen LogP contribution in [0.1, 0.15) is 18.1 Å². The summed E-state index contributed by atoms with van der Waals surface area (Å²) in [5, 5.41) is 9.14. The average Bonchev–Trinajstić information content (AvgIpc) is 2.26. The fraction of sp³-hybridized carbons (Fsp3) is 0.462. The number of hydrogen-bond donors (Lipinski definition) is 0. The van der Waals surface area contributed by atoms with E-state index < -0.39 is 8.32 Å². The van der Waals surface area contributed by atoms with Crippen LogP contribution in [0.5, 0.6) is 0 Å². The SMILES string of the molecule is C[Si](C)(C)OC1CC(C#N)Sc2ccccc21. The van der Waals surface area contributed by atoms with Crippen LogP contribution in [-0.4, -0.2) is 13.6 Å². The predicted octanol–water partition coefficient (Wildman–Crippen LogP) is 3.97. The van der Waals surface area contributed by atoms with Crippen LogP contribution in [0, 0.1) is 11.3 Å². The van der Waals surface area contributed by atoms with E-state index >= 15 is 0 Å². The van der Waals surface area contributed by atoms with E-state index in [0.29, 0.717) is 0 Å². The van der Waals surface area contributed by atoms with E-state index in [-0.39, 0.29) is 11.4 Å². The van der Waals surface area contributed by atoms with Crippen molar-refractivity contribution in [2.45, 2.75) is 42.3 Å². The molecule has 90 valence electrons. The predicted molar refractivity (Wildman–Crippen MR) is 73.5 cm³/mol. The van der Waals surface area contributed by atoms with Gasteiger partial charge in [-0.25, -0.2) is 0 Å². The van der Waals surface area contributed by atoms with Gasteiger partial charge in [0.05, 0.1) is 17.4 Å². The first-order valence-corrected chi connectivity index (χ1v) is 10.1. The molecule has 0 saturated heterocycles. The highest BCUT2D eigenvalue weighted by molar-refractivity contribution is 8.00. The van der Waals surface area contributed by atoms with Crippen LogP contribution in [0.3, 0.4) is 0 Å². The molecular formula is C13H17NOSSi. The molecule has 0 aliphatic carbocycles. The molecule has 1 heterocycles. The molecule has 1 aromatic carbocycles. The van der Waals surface area contributed by atoms with E-state index in [1.54, 1.807) is 11.8 Å². The fourth-order valence-corrected chi connectivity index (χ4v) is 4.19. The molecule has 0 bridgehead atoms. The van der Waals surface area contributed by atoms with Crippen molar-refractivity contribution in [3.05, 3.63) is 29.8 Å². The summed E-state index contributed by atoms with van der Waals surface area (Å²) in [7, 11) is -1.57. The molecule has 0 amide bonds. The average molecular weight is 263 g/mol. The van der Waals surface area contributed by atoms with E-state index in [2.05, 4.69) is 37.8 Å². The normalized spacial score (nSPS) is 23.9. The lowest BCUT2D eigenvalue weighted by atomic mass is 10.0. The Labute approximate surface area is 108 Å². The first-order valence-electron chi connectivity index (χ1n) is 5.82. The van der Waals surface area contributed by atoms with E-state index in [4.69, 9.17) is 9.69 Å². The van der Waals surface area contributed by atoms with E-state index in [9.17, 15) is 0 Å². The summed E-state index contributed by atoms with van der Waals surface area (Å²) in [5.74, 6) is 0. The highest BCUT2D eigenvalue weighted by Crippen LogP contribution is 2.43. The zero-order chi connectivity index (χ0) is 12.5. The second-order valence-corrected chi connectivity index (χ2v) is 10.9. The lowest BCUT2D eigenvalue weighted by Gasteiger charge is -2.32. The highest BCUT2D eigenvalue weighted by atomic mass is 32.2. The smallest absolute Gasteiger partial charge is 0.184 e. The van der Waals surface area contributed by atoms with Crippen LogP contribution < -0.4 is 0 Å². The molecule has 1 aromatic rings. The van der Waals surface area contributed by atoms with Gasteiger partial charge in [-0.2, -0.15) is 5.26 Å². The Hall–Kier alpha value is -0.763. The summed E-state index contributed by atoms with van der Waals surface area (Å²) in [4.78, 5) is 1.20. The quantitative estimate of drug-likeness (QED) is 0.757. The van der Waals surface area contributed by atoms with Crippen molar-refractivity contribution in [1.82, 2.24) is 0 Å². The van der Waals surface area contributed by atoms with Gasteiger partial charge < -0.3 is 4.43 Å². The van der Waals surface area contributed by atoms with Gasteiger partial charge in [-0.15, -0.1) is 11.8 Å². The molecule has 0 aromatic heterocycles. The van der Waals surface area contributed by atoms with Crippen molar-refractivity contribution in [1.29, 1.82) is 5.26 Å². The zero-order valence-corrected chi connectivity index (χ0v) is 12.3. The number of hydrogen-bond acceptors (Lipinski definition) is 3. The monoisotopic (exact) mass is 263 g/mol. The molecule has 4 heteroatoms. The molecule has 0 saturated carbocycles. The van der Waals surface area contributed by atoms with Crippen molar-refractivity contribution in [3.8, 4) is 6.07 Å². The molecule has 0 N–H and O–H groups in total. The van der Waals surface area contributed by atoms with Crippen LogP contribution in [0.4, 0.5) is 0 Å². The summed E-state index contributed by atoms with van der Waals surface area (Å²) in [6, 6.07) is 10.6. The summed E-state index contributed by atoms with van der Waals surface area (Å²) in [6.45, 7) is 6.58. The van der Waals surface area contributed by atoms with Crippen molar-refractivity contribution in [2.24, 2.45) is 0 Å². The molecule has 1 aliphatic heterocycles. The third-order valence-electron chi connectivity index (χ3n) is 2.60. The van der Waals surface area contributed by atoms with Crippen molar-refractivity contribution >= 4 is 20.1 Å². The van der Waals surface area contributed by atoms with Crippen LogP contribution in [0.15, 0.2) is 29.2 Å². The Bertz CT molecular complexity index is 449. The number of thioether (sulfide) groups is 1. The van der Waals surface area contributed by atoms with Crippen LogP contribution >= 0.6 is 11.8 Å². The molecule has 2 atom stereocenters. The first kappa shape index (κ1) is 12.7. The topological polar surface area (TPSA) is 33.0 Å². The second-order valence-electron chi connectivity index (χ2n) is 5.23. The van der Waals surface area contributed by atoms with Gasteiger partial charge in [0.1, 0.15) is 0 Å². The third-order valence-corrected chi connectivity index (χ3v) is 4.80. The van der Waals surface area contributed by atoms with Crippen molar-refractivity contribution in [3.63, 3.8) is 0 Å². The van der Waals surface area contributed by atoms with E-state index in [0.717, 1.165) is 6.42 Å². The summed E-state index contributed by atoms with van der Waals surface area (Å²) in [6.07, 6.45) is 0.909. The molecular weight excluding hydrogens is 246 g/mol. The number of benzene rings is 1. The van der Waals surface area contributed by atoms with Crippen LogP contribution in [0.2, 0.25) is 19.6 Å². The fourth-order valence-electron chi connectivity index (χ4n) is 1.99. The zero-order valence-electron chi connectivity index (χ0n) is 10.4. The van der Waals surface area contributed by atoms with Crippen molar-refractivity contribution < 1.29 is 4.43 Å². The van der Waals surface area contributed by atoms with Crippen LogP contribution in [-0.2, 0) is 4.43 Å². The van der Waals surface area contributed by atoms with Crippen LogP contribution in [0.25, 0.3) is 0 Å². The molecule has 2 nitrogen and oxygen atoms in total. The van der Waals surface area contributed by atoms with Gasteiger partial charge in [-0.1, -0.05) is 18.2 Å². The largest absolute Gasteiger partial charge is 0.411 e. The number of nitrogens with zero attached hydrogens (tertiary/aromatic N) is 1. The maximum Gasteiger partial charge on any atom is 0.184 e. The van der Waals surface area contributed by atoms with Gasteiger partial charge in [-0.3, -0.25) is 0 Å². The Balaban J connectivity index is 2.30. The summed E-state index contributed by atoms with van der Waals surface area (Å²) >= 11 is 1.66. The molecule has 17 heavy (non-hydrogen) atoms. The minimum Gasteiger partial charge on any atom is -0.411 e. The second kappa shape index (κ2) is 4.85. The highest BCUT2D eigenvalue weighted by Gasteiger charge is 2.31. The van der Waals surface area contributed by atoms with E-state index in [1.165, 1.54) is 10.5 Å². The van der Waals surface area contributed by atoms with Gasteiger partial charge in [0.25, 0.3) is 0 Å². The maximum atomic E-state index is 9.12. The van der Waals surface area contributed by atoms with Gasteiger partial charge in [0.2, 0.25) is 0 Å². The Morgan fingerprint density at radius 2 is 2.06 bits per heavy atom. The van der Waals surface area contributed by atoms with Gasteiger partial charge >= 0.3 is 0 Å². The maximum absolute atomic E-state index is 9.12.